The van der Waals surface area contributed by atoms with Gasteiger partial charge in [0.05, 0.1) is 0 Å². The zero-order valence-corrected chi connectivity index (χ0v) is 17.4. The molecule has 2 saturated heterocycles. The van der Waals surface area contributed by atoms with E-state index in [1.54, 1.807) is 7.11 Å². The fourth-order valence-corrected chi connectivity index (χ4v) is 4.91. The summed E-state index contributed by atoms with van der Waals surface area (Å²) < 4.78 is 6.32. The summed E-state index contributed by atoms with van der Waals surface area (Å²) in [7, 11) is 1.62. The highest BCUT2D eigenvalue weighted by Crippen LogP contribution is 2.31. The van der Waals surface area contributed by atoms with Gasteiger partial charge in [0.15, 0.2) is 0 Å². The summed E-state index contributed by atoms with van der Waals surface area (Å²) in [6.45, 7) is 4.37. The van der Waals surface area contributed by atoms with E-state index in [1.165, 1.54) is 35.7 Å². The largest absolute Gasteiger partial charge is 0.375 e. The summed E-state index contributed by atoms with van der Waals surface area (Å²) in [5.74, 6) is 0.805. The zero-order valence-electron chi connectivity index (χ0n) is 15.8. The molecule has 1 aromatic carbocycles. The predicted molar refractivity (Wildman–Crippen MR) is 108 cm³/mol. The molecule has 0 spiro atoms. The van der Waals surface area contributed by atoms with Crippen molar-refractivity contribution in [1.82, 2.24) is 9.80 Å². The predicted octanol–water partition coefficient (Wildman–Crippen LogP) is 4.08. The van der Waals surface area contributed by atoms with E-state index in [1.807, 2.05) is 0 Å². The first-order valence-electron chi connectivity index (χ1n) is 9.93. The Labute approximate surface area is 166 Å². The van der Waals surface area contributed by atoms with Gasteiger partial charge in [-0.1, -0.05) is 47.0 Å². The van der Waals surface area contributed by atoms with E-state index in [9.17, 15) is 4.79 Å². The summed E-state index contributed by atoms with van der Waals surface area (Å²) >= 11 is 3.66. The van der Waals surface area contributed by atoms with E-state index in [0.29, 0.717) is 12.0 Å². The molecule has 0 bridgehead atoms. The molecule has 2 fully saturated rings. The number of hydrogen-bond acceptors (Lipinski definition) is 3. The fourth-order valence-electron chi connectivity index (χ4n) is 4.50. The van der Waals surface area contributed by atoms with Crippen LogP contribution in [-0.2, 0) is 16.1 Å². The van der Waals surface area contributed by atoms with E-state index in [-0.39, 0.29) is 12.5 Å². The molecule has 144 valence electrons. The first kappa shape index (κ1) is 19.8. The molecule has 0 radical (unpaired) electrons. The number of hydrogen-bond donors (Lipinski definition) is 0. The van der Waals surface area contributed by atoms with Crippen LogP contribution in [0.25, 0.3) is 0 Å². The number of piperidine rings is 1. The minimum Gasteiger partial charge on any atom is -0.375 e. The van der Waals surface area contributed by atoms with Crippen LogP contribution >= 0.6 is 15.9 Å². The number of methoxy groups -OCH3 is 1. The number of nitrogens with zero attached hydrogens (tertiary/aromatic N) is 2. The van der Waals surface area contributed by atoms with E-state index in [2.05, 4.69) is 50.0 Å². The summed E-state index contributed by atoms with van der Waals surface area (Å²) in [6, 6.07) is 8.90. The number of benzene rings is 1. The van der Waals surface area contributed by atoms with Gasteiger partial charge in [0.1, 0.15) is 6.61 Å². The van der Waals surface area contributed by atoms with E-state index >= 15 is 0 Å². The van der Waals surface area contributed by atoms with Gasteiger partial charge >= 0.3 is 0 Å². The first-order valence-corrected chi connectivity index (χ1v) is 10.7. The second-order valence-electron chi connectivity index (χ2n) is 7.64. The van der Waals surface area contributed by atoms with Crippen molar-refractivity contribution in [2.75, 3.05) is 33.4 Å². The third kappa shape index (κ3) is 5.08. The number of ether oxygens (including phenoxy) is 1. The average molecular weight is 423 g/mol. The number of carbonyl (C=O) groups excluding carboxylic acids is 1. The summed E-state index contributed by atoms with van der Waals surface area (Å²) in [5, 5.41) is 0. The van der Waals surface area contributed by atoms with Gasteiger partial charge in [0.25, 0.3) is 0 Å². The SMILES string of the molecule is COCC(=O)N1CCCCC[C@@H]1C1CCN(Cc2ccccc2Br)CC1. The molecule has 5 heteroatoms. The monoisotopic (exact) mass is 422 g/mol. The molecule has 1 aromatic rings. The van der Waals surface area contributed by atoms with Crippen LogP contribution in [0.4, 0.5) is 0 Å². The van der Waals surface area contributed by atoms with Crippen LogP contribution in [0.2, 0.25) is 0 Å². The smallest absolute Gasteiger partial charge is 0.248 e. The van der Waals surface area contributed by atoms with Crippen LogP contribution in [0.3, 0.4) is 0 Å². The third-order valence-corrected chi connectivity index (χ3v) is 6.69. The Balaban J connectivity index is 1.58. The van der Waals surface area contributed by atoms with Crippen molar-refractivity contribution in [3.8, 4) is 0 Å². The van der Waals surface area contributed by atoms with Crippen molar-refractivity contribution in [2.45, 2.75) is 51.1 Å². The highest BCUT2D eigenvalue weighted by molar-refractivity contribution is 9.10. The third-order valence-electron chi connectivity index (χ3n) is 5.92. The maximum atomic E-state index is 12.5. The second kappa shape index (κ2) is 9.86. The van der Waals surface area contributed by atoms with Crippen molar-refractivity contribution in [2.24, 2.45) is 5.92 Å². The average Bonchev–Trinajstić information content (AvgIpc) is 2.91. The lowest BCUT2D eigenvalue weighted by atomic mass is 9.86. The maximum Gasteiger partial charge on any atom is 0.248 e. The molecule has 0 unspecified atom stereocenters. The minimum absolute atomic E-state index is 0.176. The van der Waals surface area contributed by atoms with Gasteiger partial charge in [0.2, 0.25) is 5.91 Å². The van der Waals surface area contributed by atoms with Crippen LogP contribution in [0, 0.1) is 5.92 Å². The molecule has 4 nitrogen and oxygen atoms in total. The van der Waals surface area contributed by atoms with Gasteiger partial charge in [-0.25, -0.2) is 0 Å². The van der Waals surface area contributed by atoms with Gasteiger partial charge in [-0.3, -0.25) is 9.69 Å². The van der Waals surface area contributed by atoms with Crippen molar-refractivity contribution >= 4 is 21.8 Å². The van der Waals surface area contributed by atoms with Crippen molar-refractivity contribution in [1.29, 1.82) is 0 Å². The topological polar surface area (TPSA) is 32.8 Å². The number of carbonyl (C=O) groups is 1. The standard InChI is InChI=1S/C21H31BrN2O2/c1-26-16-21(25)24-12-6-2-3-9-20(24)17-10-13-23(14-11-17)15-18-7-4-5-8-19(18)22/h4-5,7-8,17,20H,2-3,6,9-16H2,1H3/t20-/m1/s1. The van der Waals surface area contributed by atoms with Crippen LogP contribution in [-0.4, -0.2) is 55.1 Å². The van der Waals surface area contributed by atoms with E-state index in [4.69, 9.17) is 4.74 Å². The molecule has 2 aliphatic rings. The molecule has 2 aliphatic heterocycles. The van der Waals surface area contributed by atoms with Gasteiger partial charge in [-0.15, -0.1) is 0 Å². The van der Waals surface area contributed by atoms with Crippen LogP contribution in [0.15, 0.2) is 28.7 Å². The summed E-state index contributed by atoms with van der Waals surface area (Å²) in [4.78, 5) is 17.2. The Morgan fingerprint density at radius 3 is 2.62 bits per heavy atom. The maximum absolute atomic E-state index is 12.5. The first-order chi connectivity index (χ1) is 12.7. The van der Waals surface area contributed by atoms with Crippen LogP contribution in [0.1, 0.15) is 44.1 Å². The van der Waals surface area contributed by atoms with E-state index < -0.39 is 0 Å². The van der Waals surface area contributed by atoms with Gasteiger partial charge in [-0.05, 0) is 56.3 Å². The highest BCUT2D eigenvalue weighted by Gasteiger charge is 2.33. The lowest BCUT2D eigenvalue weighted by molar-refractivity contribution is -0.139. The minimum atomic E-state index is 0.176. The van der Waals surface area contributed by atoms with Gasteiger partial charge in [-0.2, -0.15) is 0 Å². The second-order valence-corrected chi connectivity index (χ2v) is 8.50. The molecular weight excluding hydrogens is 392 g/mol. The van der Waals surface area contributed by atoms with Crippen LogP contribution in [0.5, 0.6) is 0 Å². The Morgan fingerprint density at radius 1 is 1.12 bits per heavy atom. The molecule has 26 heavy (non-hydrogen) atoms. The summed E-state index contributed by atoms with van der Waals surface area (Å²) in [6.07, 6.45) is 7.15. The lowest BCUT2D eigenvalue weighted by Crippen LogP contribution is -2.48. The molecule has 3 rings (SSSR count). The highest BCUT2D eigenvalue weighted by atomic mass is 79.9. The van der Waals surface area contributed by atoms with Crippen molar-refractivity contribution in [3.63, 3.8) is 0 Å². The molecule has 0 saturated carbocycles. The quantitative estimate of drug-likeness (QED) is 0.716. The van der Waals surface area contributed by atoms with Crippen molar-refractivity contribution < 1.29 is 9.53 Å². The molecule has 0 aliphatic carbocycles. The Morgan fingerprint density at radius 2 is 1.88 bits per heavy atom. The van der Waals surface area contributed by atoms with Gasteiger partial charge < -0.3 is 9.64 Å². The fraction of sp³-hybridized carbons (Fsp3) is 0.667. The number of halogens is 1. The van der Waals surface area contributed by atoms with Gasteiger partial charge in [0, 0.05) is 30.7 Å². The molecule has 2 heterocycles. The number of amides is 1. The van der Waals surface area contributed by atoms with Crippen molar-refractivity contribution in [3.05, 3.63) is 34.3 Å². The Kier molecular flexibility index (Phi) is 7.52. The number of rotatable bonds is 5. The molecule has 1 atom stereocenters. The zero-order chi connectivity index (χ0) is 18.4. The summed E-state index contributed by atoms with van der Waals surface area (Å²) in [5.41, 5.74) is 1.36. The molecule has 0 N–H and O–H groups in total. The normalized spacial score (nSPS) is 23.0. The van der Waals surface area contributed by atoms with Crippen LogP contribution < -0.4 is 0 Å². The molecule has 1 amide bonds. The number of likely N-dealkylation sites (tertiary alicyclic amines) is 2. The van der Waals surface area contributed by atoms with E-state index in [0.717, 1.165) is 39.0 Å². The Hall–Kier alpha value is -0.910. The Bertz CT molecular complexity index is 587. The molecule has 0 aromatic heterocycles. The lowest BCUT2D eigenvalue weighted by Gasteiger charge is -2.40. The molecular formula is C21H31BrN2O2.